The maximum atomic E-state index is 4.29. The van der Waals surface area contributed by atoms with Crippen molar-refractivity contribution >= 4 is 16.7 Å². The van der Waals surface area contributed by atoms with Crippen molar-refractivity contribution < 1.29 is 0 Å². The summed E-state index contributed by atoms with van der Waals surface area (Å²) in [5.74, 6) is 2.49. The van der Waals surface area contributed by atoms with Gasteiger partial charge in [0.2, 0.25) is 5.13 Å². The molecule has 3 atom stereocenters. The van der Waals surface area contributed by atoms with Crippen molar-refractivity contribution in [3.05, 3.63) is 5.82 Å². The van der Waals surface area contributed by atoms with Crippen molar-refractivity contribution in [2.45, 2.75) is 33.2 Å². The molecule has 1 aromatic rings. The molecular weight excluding hydrogens is 182 g/mol. The Kier molecular flexibility index (Phi) is 2.24. The van der Waals surface area contributed by atoms with Crippen LogP contribution in [0.1, 0.15) is 26.1 Å². The van der Waals surface area contributed by atoms with Crippen LogP contribution in [0.3, 0.4) is 0 Å². The molecule has 1 aliphatic carbocycles. The summed E-state index contributed by atoms with van der Waals surface area (Å²) >= 11 is 1.46. The van der Waals surface area contributed by atoms with Gasteiger partial charge in [-0.25, -0.2) is 4.98 Å². The molecule has 0 aromatic carbocycles. The zero-order valence-corrected chi connectivity index (χ0v) is 9.06. The third-order valence-corrected chi connectivity index (χ3v) is 3.73. The fourth-order valence-corrected chi connectivity index (χ4v) is 2.37. The molecule has 1 aromatic heterocycles. The zero-order chi connectivity index (χ0) is 9.42. The van der Waals surface area contributed by atoms with Crippen LogP contribution in [-0.2, 0) is 0 Å². The molecule has 4 heteroatoms. The quantitative estimate of drug-likeness (QED) is 0.790. The minimum Gasteiger partial charge on any atom is -0.357 e. The number of rotatable bonds is 2. The molecule has 1 heterocycles. The topological polar surface area (TPSA) is 37.8 Å². The fourth-order valence-electron chi connectivity index (χ4n) is 1.74. The van der Waals surface area contributed by atoms with E-state index in [-0.39, 0.29) is 0 Å². The van der Waals surface area contributed by atoms with E-state index < -0.39 is 0 Å². The lowest BCUT2D eigenvalue weighted by Gasteiger charge is -2.41. The number of aromatic nitrogens is 2. The first-order chi connectivity index (χ1) is 6.16. The van der Waals surface area contributed by atoms with Gasteiger partial charge >= 0.3 is 0 Å². The molecule has 2 rings (SSSR count). The summed E-state index contributed by atoms with van der Waals surface area (Å²) in [4.78, 5) is 4.29. The van der Waals surface area contributed by atoms with Crippen molar-refractivity contribution in [2.75, 3.05) is 5.32 Å². The predicted octanol–water partition coefficient (Wildman–Crippen LogP) is 2.30. The van der Waals surface area contributed by atoms with Crippen LogP contribution < -0.4 is 5.32 Å². The van der Waals surface area contributed by atoms with Crippen LogP contribution >= 0.6 is 11.5 Å². The smallest absolute Gasteiger partial charge is 0.202 e. The van der Waals surface area contributed by atoms with Gasteiger partial charge in [-0.15, -0.1) is 0 Å². The van der Waals surface area contributed by atoms with E-state index in [0.717, 1.165) is 22.8 Å². The molecule has 1 saturated carbocycles. The molecule has 72 valence electrons. The lowest BCUT2D eigenvalue weighted by Crippen LogP contribution is -2.43. The minimum absolute atomic E-state index is 0.613. The zero-order valence-electron chi connectivity index (χ0n) is 8.24. The van der Waals surface area contributed by atoms with Gasteiger partial charge in [-0.2, -0.15) is 4.37 Å². The standard InChI is InChI=1S/C9H15N3S/c1-5-4-8(6(5)2)11-9-10-7(3)12-13-9/h5-6,8H,4H2,1-3H3,(H,10,11,12). The molecule has 3 nitrogen and oxygen atoms in total. The van der Waals surface area contributed by atoms with Gasteiger partial charge in [-0.05, 0) is 25.2 Å². The molecule has 1 fully saturated rings. The maximum Gasteiger partial charge on any atom is 0.202 e. The molecule has 0 amide bonds. The summed E-state index contributed by atoms with van der Waals surface area (Å²) in [7, 11) is 0. The van der Waals surface area contributed by atoms with E-state index in [2.05, 4.69) is 28.5 Å². The van der Waals surface area contributed by atoms with Crippen LogP contribution in [0, 0.1) is 18.8 Å². The lowest BCUT2D eigenvalue weighted by molar-refractivity contribution is 0.189. The van der Waals surface area contributed by atoms with Gasteiger partial charge in [0.15, 0.2) is 0 Å². The van der Waals surface area contributed by atoms with E-state index in [1.54, 1.807) is 0 Å². The van der Waals surface area contributed by atoms with Gasteiger partial charge in [0.1, 0.15) is 5.82 Å². The summed E-state index contributed by atoms with van der Waals surface area (Å²) < 4.78 is 4.14. The van der Waals surface area contributed by atoms with Crippen molar-refractivity contribution in [1.82, 2.24) is 9.36 Å². The summed E-state index contributed by atoms with van der Waals surface area (Å²) in [5, 5.41) is 4.40. The molecular formula is C9H15N3S. The molecule has 0 radical (unpaired) electrons. The summed E-state index contributed by atoms with van der Waals surface area (Å²) in [6.45, 7) is 6.52. The Morgan fingerprint density at radius 3 is 2.69 bits per heavy atom. The fraction of sp³-hybridized carbons (Fsp3) is 0.778. The Bertz CT molecular complexity index is 297. The monoisotopic (exact) mass is 197 g/mol. The number of aryl methyl sites for hydroxylation is 1. The predicted molar refractivity (Wildman–Crippen MR) is 55.0 cm³/mol. The van der Waals surface area contributed by atoms with E-state index in [0.29, 0.717) is 6.04 Å². The van der Waals surface area contributed by atoms with Crippen LogP contribution in [0.2, 0.25) is 0 Å². The normalized spacial score (nSPS) is 32.7. The van der Waals surface area contributed by atoms with E-state index in [1.165, 1.54) is 18.0 Å². The Balaban J connectivity index is 1.93. The van der Waals surface area contributed by atoms with Crippen LogP contribution in [0.25, 0.3) is 0 Å². The first kappa shape index (κ1) is 8.94. The highest BCUT2D eigenvalue weighted by molar-refractivity contribution is 7.09. The maximum absolute atomic E-state index is 4.29. The molecule has 0 spiro atoms. The number of anilines is 1. The Morgan fingerprint density at radius 2 is 2.23 bits per heavy atom. The van der Waals surface area contributed by atoms with Crippen LogP contribution in [0.15, 0.2) is 0 Å². The second-order valence-electron chi connectivity index (χ2n) is 3.97. The number of hydrogen-bond donors (Lipinski definition) is 1. The highest BCUT2D eigenvalue weighted by Crippen LogP contribution is 2.35. The van der Waals surface area contributed by atoms with E-state index in [1.807, 2.05) is 6.92 Å². The third-order valence-electron chi connectivity index (χ3n) is 2.99. The Labute approximate surface area is 82.8 Å². The second-order valence-corrected chi connectivity index (χ2v) is 4.72. The first-order valence-electron chi connectivity index (χ1n) is 4.73. The lowest BCUT2D eigenvalue weighted by atomic mass is 9.72. The van der Waals surface area contributed by atoms with Gasteiger partial charge in [0, 0.05) is 17.6 Å². The second kappa shape index (κ2) is 3.25. The number of nitrogens with zero attached hydrogens (tertiary/aromatic N) is 2. The molecule has 0 saturated heterocycles. The highest BCUT2D eigenvalue weighted by Gasteiger charge is 2.34. The van der Waals surface area contributed by atoms with Gasteiger partial charge in [-0.3, -0.25) is 0 Å². The van der Waals surface area contributed by atoms with Crippen LogP contribution in [0.4, 0.5) is 5.13 Å². The van der Waals surface area contributed by atoms with Crippen LogP contribution in [0.5, 0.6) is 0 Å². The summed E-state index contributed by atoms with van der Waals surface area (Å²) in [5.41, 5.74) is 0. The Morgan fingerprint density at radius 1 is 1.46 bits per heavy atom. The molecule has 1 aliphatic rings. The number of hydrogen-bond acceptors (Lipinski definition) is 4. The molecule has 13 heavy (non-hydrogen) atoms. The van der Waals surface area contributed by atoms with E-state index in [9.17, 15) is 0 Å². The SMILES string of the molecule is Cc1nsc(NC2CC(C)C2C)n1. The van der Waals surface area contributed by atoms with Gasteiger partial charge in [0.05, 0.1) is 0 Å². The summed E-state index contributed by atoms with van der Waals surface area (Å²) in [6, 6.07) is 0.613. The molecule has 0 bridgehead atoms. The number of nitrogens with one attached hydrogen (secondary N) is 1. The van der Waals surface area contributed by atoms with Gasteiger partial charge < -0.3 is 5.32 Å². The average molecular weight is 197 g/mol. The van der Waals surface area contributed by atoms with Crippen molar-refractivity contribution in [2.24, 2.45) is 11.8 Å². The molecule has 0 aliphatic heterocycles. The van der Waals surface area contributed by atoms with Gasteiger partial charge in [-0.1, -0.05) is 13.8 Å². The largest absolute Gasteiger partial charge is 0.357 e. The average Bonchev–Trinajstić information content (AvgIpc) is 2.50. The first-order valence-corrected chi connectivity index (χ1v) is 5.51. The third kappa shape index (κ3) is 1.68. The Hall–Kier alpha value is -0.640. The van der Waals surface area contributed by atoms with Crippen LogP contribution in [-0.4, -0.2) is 15.4 Å². The molecule has 1 N–H and O–H groups in total. The van der Waals surface area contributed by atoms with Crippen molar-refractivity contribution in [3.63, 3.8) is 0 Å². The summed E-state index contributed by atoms with van der Waals surface area (Å²) in [6.07, 6.45) is 1.26. The highest BCUT2D eigenvalue weighted by atomic mass is 32.1. The van der Waals surface area contributed by atoms with Gasteiger partial charge in [0.25, 0.3) is 0 Å². The van der Waals surface area contributed by atoms with Crippen molar-refractivity contribution in [1.29, 1.82) is 0 Å². The molecule has 3 unspecified atom stereocenters. The minimum atomic E-state index is 0.613. The van der Waals surface area contributed by atoms with E-state index >= 15 is 0 Å². The van der Waals surface area contributed by atoms with E-state index in [4.69, 9.17) is 0 Å². The van der Waals surface area contributed by atoms with Crippen molar-refractivity contribution in [3.8, 4) is 0 Å².